The average Bonchev–Trinajstić information content (AvgIpc) is 2.30. The zero-order valence-electron chi connectivity index (χ0n) is 9.07. The summed E-state index contributed by atoms with van der Waals surface area (Å²) in [5, 5.41) is 2.58. The van der Waals surface area contributed by atoms with E-state index in [1.54, 1.807) is 12.1 Å². The maximum atomic E-state index is 12.2. The van der Waals surface area contributed by atoms with Crippen molar-refractivity contribution in [3.8, 4) is 0 Å². The van der Waals surface area contributed by atoms with Crippen LogP contribution in [0.25, 0.3) is 0 Å². The molecule has 0 unspecified atom stereocenters. The van der Waals surface area contributed by atoms with Crippen LogP contribution >= 0.6 is 34.2 Å². The van der Waals surface area contributed by atoms with Crippen LogP contribution in [0.15, 0.2) is 18.2 Å². The Balaban J connectivity index is 2.28. The fraction of sp³-hybridized carbons (Fsp3) is 0.182. The number of hydrogen-bond donors (Lipinski definition) is 1. The van der Waals surface area contributed by atoms with Crippen LogP contribution in [0, 0.1) is 3.57 Å². The molecule has 0 radical (unpaired) electrons. The third-order valence-electron chi connectivity index (χ3n) is 2.39. The molecule has 1 aromatic rings. The molecule has 0 saturated carbocycles. The number of halogens is 2. The van der Waals surface area contributed by atoms with Crippen molar-refractivity contribution in [2.24, 2.45) is 0 Å². The first-order valence-electron chi connectivity index (χ1n) is 5.04. The monoisotopic (exact) mass is 378 g/mol. The van der Waals surface area contributed by atoms with Gasteiger partial charge in [0.2, 0.25) is 11.8 Å². The van der Waals surface area contributed by atoms with Crippen molar-refractivity contribution in [2.45, 2.75) is 0 Å². The summed E-state index contributed by atoms with van der Waals surface area (Å²) in [7, 11) is 0. The molecule has 0 aliphatic carbocycles. The number of rotatable bonds is 1. The van der Waals surface area contributed by atoms with E-state index in [0.29, 0.717) is 10.6 Å². The summed E-state index contributed by atoms with van der Waals surface area (Å²) >= 11 is 7.84. The first kappa shape index (κ1) is 13.3. The van der Waals surface area contributed by atoms with E-state index in [4.69, 9.17) is 11.6 Å². The van der Waals surface area contributed by atoms with Gasteiger partial charge in [-0.1, -0.05) is 11.6 Å². The molecular weight excluding hydrogens is 370 g/mol. The minimum absolute atomic E-state index is 0.118. The van der Waals surface area contributed by atoms with E-state index in [9.17, 15) is 14.4 Å². The van der Waals surface area contributed by atoms with E-state index in [2.05, 4.69) is 5.32 Å². The summed E-state index contributed by atoms with van der Waals surface area (Å²) < 4.78 is 0.723. The Kier molecular flexibility index (Phi) is 3.86. The molecule has 94 valence electrons. The second kappa shape index (κ2) is 5.23. The van der Waals surface area contributed by atoms with Gasteiger partial charge in [0, 0.05) is 8.59 Å². The molecule has 1 aromatic carbocycles. The lowest BCUT2D eigenvalue weighted by atomic mass is 10.2. The summed E-state index contributed by atoms with van der Waals surface area (Å²) in [4.78, 5) is 35.8. The largest absolute Gasteiger partial charge is 0.320 e. The summed E-state index contributed by atoms with van der Waals surface area (Å²) in [5.74, 6) is -1.32. The standard InChI is InChI=1S/C11H8ClIN2O3/c12-6-1-2-8(13)7(3-6)11(18)15-4-9(16)14-10(17)5-15/h1-3H,4-5H2,(H,14,16,17). The van der Waals surface area contributed by atoms with Crippen LogP contribution in [0.5, 0.6) is 0 Å². The van der Waals surface area contributed by atoms with E-state index < -0.39 is 11.8 Å². The molecule has 5 nitrogen and oxygen atoms in total. The normalized spacial score (nSPS) is 15.6. The Bertz CT molecular complexity index is 531. The maximum Gasteiger partial charge on any atom is 0.255 e. The van der Waals surface area contributed by atoms with E-state index in [0.717, 1.165) is 3.57 Å². The molecule has 1 N–H and O–H groups in total. The number of hydrogen-bond acceptors (Lipinski definition) is 3. The molecule has 1 aliphatic rings. The molecule has 18 heavy (non-hydrogen) atoms. The van der Waals surface area contributed by atoms with Crippen molar-refractivity contribution in [3.63, 3.8) is 0 Å². The number of carbonyl (C=O) groups excluding carboxylic acids is 3. The third kappa shape index (κ3) is 2.81. The quantitative estimate of drug-likeness (QED) is 0.587. The molecule has 3 amide bonds. The van der Waals surface area contributed by atoms with Gasteiger partial charge >= 0.3 is 0 Å². The highest BCUT2D eigenvalue weighted by molar-refractivity contribution is 14.1. The molecular formula is C11H8ClIN2O3. The van der Waals surface area contributed by atoms with Crippen LogP contribution in [0.2, 0.25) is 5.02 Å². The second-order valence-corrected chi connectivity index (χ2v) is 5.36. The smallest absolute Gasteiger partial charge is 0.255 e. The topological polar surface area (TPSA) is 66.5 Å². The number of amides is 3. The summed E-state index contributed by atoms with van der Waals surface area (Å²) in [6.07, 6.45) is 0. The molecule has 2 rings (SSSR count). The number of nitrogens with zero attached hydrogens (tertiary/aromatic N) is 1. The minimum Gasteiger partial charge on any atom is -0.320 e. The van der Waals surface area contributed by atoms with Crippen molar-refractivity contribution < 1.29 is 14.4 Å². The predicted molar refractivity (Wildman–Crippen MR) is 73.2 cm³/mol. The van der Waals surface area contributed by atoms with Crippen LogP contribution in [0.3, 0.4) is 0 Å². The molecule has 1 fully saturated rings. The Hall–Kier alpha value is -1.15. The Morgan fingerprint density at radius 2 is 1.89 bits per heavy atom. The maximum absolute atomic E-state index is 12.2. The molecule has 0 aromatic heterocycles. The van der Waals surface area contributed by atoms with E-state index in [1.165, 1.54) is 11.0 Å². The van der Waals surface area contributed by atoms with Gasteiger partial charge < -0.3 is 4.90 Å². The Morgan fingerprint density at radius 1 is 1.28 bits per heavy atom. The van der Waals surface area contributed by atoms with Crippen LogP contribution < -0.4 is 5.32 Å². The SMILES string of the molecule is O=C1CN(C(=O)c2cc(Cl)ccc2I)CC(=O)N1. The highest BCUT2D eigenvalue weighted by atomic mass is 127. The van der Waals surface area contributed by atoms with E-state index in [1.807, 2.05) is 22.6 Å². The van der Waals surface area contributed by atoms with Crippen LogP contribution in [0.1, 0.15) is 10.4 Å². The van der Waals surface area contributed by atoms with Gasteiger partial charge in [-0.05, 0) is 40.8 Å². The lowest BCUT2D eigenvalue weighted by molar-refractivity contribution is -0.135. The Morgan fingerprint density at radius 3 is 2.50 bits per heavy atom. The highest BCUT2D eigenvalue weighted by Crippen LogP contribution is 2.19. The lowest BCUT2D eigenvalue weighted by Gasteiger charge is -2.25. The van der Waals surface area contributed by atoms with Crippen molar-refractivity contribution in [1.82, 2.24) is 10.2 Å². The van der Waals surface area contributed by atoms with E-state index >= 15 is 0 Å². The lowest BCUT2D eigenvalue weighted by Crippen LogP contribution is -2.53. The van der Waals surface area contributed by atoms with Crippen LogP contribution in [-0.4, -0.2) is 35.7 Å². The molecule has 1 aliphatic heterocycles. The highest BCUT2D eigenvalue weighted by Gasteiger charge is 2.28. The van der Waals surface area contributed by atoms with Crippen molar-refractivity contribution in [3.05, 3.63) is 32.4 Å². The number of piperazine rings is 1. The van der Waals surface area contributed by atoms with Gasteiger partial charge in [0.25, 0.3) is 5.91 Å². The van der Waals surface area contributed by atoms with Crippen molar-refractivity contribution >= 4 is 51.9 Å². The summed E-state index contributed by atoms with van der Waals surface area (Å²) in [5.41, 5.74) is 0.394. The van der Waals surface area contributed by atoms with Crippen LogP contribution in [-0.2, 0) is 9.59 Å². The van der Waals surface area contributed by atoms with Gasteiger partial charge in [-0.15, -0.1) is 0 Å². The molecule has 1 heterocycles. The zero-order valence-corrected chi connectivity index (χ0v) is 12.0. The Labute approximate surface area is 122 Å². The summed E-state index contributed by atoms with van der Waals surface area (Å²) in [6, 6.07) is 4.92. The first-order chi connectivity index (χ1) is 8.47. The number of carbonyl (C=O) groups is 3. The molecule has 0 bridgehead atoms. The number of benzene rings is 1. The number of nitrogens with one attached hydrogen (secondary N) is 1. The summed E-state index contributed by atoms with van der Waals surface area (Å²) in [6.45, 7) is -0.236. The van der Waals surface area contributed by atoms with Gasteiger partial charge in [-0.3, -0.25) is 19.7 Å². The van der Waals surface area contributed by atoms with Gasteiger partial charge in [-0.25, -0.2) is 0 Å². The predicted octanol–water partition coefficient (Wildman–Crippen LogP) is 1.04. The average molecular weight is 379 g/mol. The molecule has 0 spiro atoms. The molecule has 7 heteroatoms. The number of imide groups is 1. The van der Waals surface area contributed by atoms with Crippen molar-refractivity contribution in [1.29, 1.82) is 0 Å². The fourth-order valence-electron chi connectivity index (χ4n) is 1.61. The van der Waals surface area contributed by atoms with Gasteiger partial charge in [0.15, 0.2) is 0 Å². The first-order valence-corrected chi connectivity index (χ1v) is 6.50. The van der Waals surface area contributed by atoms with Gasteiger partial charge in [0.05, 0.1) is 5.56 Å². The van der Waals surface area contributed by atoms with Crippen LogP contribution in [0.4, 0.5) is 0 Å². The molecule has 1 saturated heterocycles. The molecule has 0 atom stereocenters. The van der Waals surface area contributed by atoms with E-state index in [-0.39, 0.29) is 19.0 Å². The minimum atomic E-state index is -0.475. The zero-order chi connectivity index (χ0) is 13.3. The van der Waals surface area contributed by atoms with Crippen molar-refractivity contribution in [2.75, 3.05) is 13.1 Å². The second-order valence-electron chi connectivity index (χ2n) is 3.76. The fourth-order valence-corrected chi connectivity index (χ4v) is 2.35. The third-order valence-corrected chi connectivity index (χ3v) is 3.57. The van der Waals surface area contributed by atoms with Gasteiger partial charge in [-0.2, -0.15) is 0 Å². The van der Waals surface area contributed by atoms with Gasteiger partial charge in [0.1, 0.15) is 13.1 Å².